The Morgan fingerprint density at radius 1 is 1.10 bits per heavy atom. The van der Waals surface area contributed by atoms with E-state index < -0.39 is 47.9 Å². The summed E-state index contributed by atoms with van der Waals surface area (Å²) in [5, 5.41) is 12.1. The average molecular weight is 442 g/mol. The van der Waals surface area contributed by atoms with Crippen molar-refractivity contribution in [1.82, 2.24) is 15.1 Å². The first-order valence-corrected chi connectivity index (χ1v) is 10.4. The molecule has 0 radical (unpaired) electrons. The summed E-state index contributed by atoms with van der Waals surface area (Å²) in [4.78, 5) is 40.4. The summed E-state index contributed by atoms with van der Waals surface area (Å²) >= 11 is 0. The Balaban J connectivity index is 2.14. The normalized spacial score (nSPS) is 24.2. The van der Waals surface area contributed by atoms with Gasteiger partial charge in [0.2, 0.25) is 0 Å². The van der Waals surface area contributed by atoms with Crippen LogP contribution in [-0.2, 0) is 19.0 Å². The number of carbonyl (C=O) groups excluding carboxylic acids is 3. The van der Waals surface area contributed by atoms with E-state index in [1.54, 1.807) is 41.5 Å². The molecule has 3 atom stereocenters. The summed E-state index contributed by atoms with van der Waals surface area (Å²) in [5.41, 5.74) is -1.37. The van der Waals surface area contributed by atoms with E-state index in [1.807, 2.05) is 4.90 Å². The molecule has 0 unspecified atom stereocenters. The molecule has 0 aromatic rings. The van der Waals surface area contributed by atoms with Crippen LogP contribution < -0.4 is 5.32 Å². The molecule has 2 aliphatic heterocycles. The minimum atomic E-state index is -0.933. The number of Topliss-reactive ketones (excluding diaryl/α,β-unsaturated/α-hetero) is 1. The second-order valence-corrected chi connectivity index (χ2v) is 9.82. The van der Waals surface area contributed by atoms with Crippen LogP contribution in [0.1, 0.15) is 41.5 Å². The van der Waals surface area contributed by atoms with Gasteiger partial charge in [-0.15, -0.1) is 0 Å². The van der Waals surface area contributed by atoms with Gasteiger partial charge in [-0.3, -0.25) is 15.0 Å². The van der Waals surface area contributed by atoms with Gasteiger partial charge in [0.25, 0.3) is 0 Å². The van der Waals surface area contributed by atoms with Crippen LogP contribution in [0.2, 0.25) is 0 Å². The highest BCUT2D eigenvalue weighted by Gasteiger charge is 2.50. The van der Waals surface area contributed by atoms with Crippen molar-refractivity contribution < 1.29 is 33.7 Å². The standard InChI is InChI=1S/C21H35N3O7/c1-13(22-18(27)30-20(2,3)4)23-8-9-29-17-14(10-23)11-24(16(17)15(26)12-25)19(28)31-21(5,6)7/h14,16-17,25H,1,8-12H2,2-7H3,(H,22,27)/t14-,16+,17+/m0/s1. The Morgan fingerprint density at radius 2 is 1.71 bits per heavy atom. The number of nitrogens with one attached hydrogen (secondary N) is 1. The molecule has 2 N–H and O–H groups in total. The largest absolute Gasteiger partial charge is 0.444 e. The number of amides is 2. The van der Waals surface area contributed by atoms with Gasteiger partial charge in [-0.25, -0.2) is 9.59 Å². The Labute approximate surface area is 183 Å². The molecular formula is C21H35N3O7. The molecule has 0 saturated carbocycles. The fourth-order valence-electron chi connectivity index (χ4n) is 3.67. The molecule has 0 bridgehead atoms. The molecular weight excluding hydrogens is 406 g/mol. The highest BCUT2D eigenvalue weighted by Crippen LogP contribution is 2.32. The lowest BCUT2D eigenvalue weighted by molar-refractivity contribution is -0.130. The molecule has 0 aliphatic carbocycles. The van der Waals surface area contributed by atoms with Crippen molar-refractivity contribution in [1.29, 1.82) is 0 Å². The minimum Gasteiger partial charge on any atom is -0.444 e. The van der Waals surface area contributed by atoms with Gasteiger partial charge < -0.3 is 24.2 Å². The number of alkyl carbamates (subject to hydrolysis) is 1. The molecule has 0 spiro atoms. The number of nitrogens with zero attached hydrogens (tertiary/aromatic N) is 2. The van der Waals surface area contributed by atoms with Gasteiger partial charge in [-0.2, -0.15) is 0 Å². The second-order valence-electron chi connectivity index (χ2n) is 9.82. The van der Waals surface area contributed by atoms with E-state index >= 15 is 0 Å². The number of ketones is 1. The maximum Gasteiger partial charge on any atom is 0.413 e. The van der Waals surface area contributed by atoms with Gasteiger partial charge in [-0.05, 0) is 41.5 Å². The zero-order valence-corrected chi connectivity index (χ0v) is 19.3. The van der Waals surface area contributed by atoms with Crippen molar-refractivity contribution in [3.63, 3.8) is 0 Å². The zero-order chi connectivity index (χ0) is 23.6. The van der Waals surface area contributed by atoms with Gasteiger partial charge in [0, 0.05) is 25.6 Å². The fraction of sp³-hybridized carbons (Fsp3) is 0.762. The van der Waals surface area contributed by atoms with Crippen molar-refractivity contribution in [2.45, 2.75) is 64.9 Å². The van der Waals surface area contributed by atoms with Crippen LogP contribution in [0.4, 0.5) is 9.59 Å². The Bertz CT molecular complexity index is 711. The molecule has 2 fully saturated rings. The molecule has 31 heavy (non-hydrogen) atoms. The number of likely N-dealkylation sites (tertiary alicyclic amines) is 1. The van der Waals surface area contributed by atoms with Crippen LogP contribution in [0, 0.1) is 5.92 Å². The lowest BCUT2D eigenvalue weighted by atomic mass is 9.99. The molecule has 2 amide bonds. The third kappa shape index (κ3) is 6.83. The smallest absolute Gasteiger partial charge is 0.413 e. The van der Waals surface area contributed by atoms with Crippen LogP contribution in [0.15, 0.2) is 12.4 Å². The lowest BCUT2D eigenvalue weighted by Crippen LogP contribution is -2.48. The summed E-state index contributed by atoms with van der Waals surface area (Å²) in [6.45, 7) is 15.1. The maximum atomic E-state index is 12.7. The Morgan fingerprint density at radius 3 is 2.26 bits per heavy atom. The first-order valence-electron chi connectivity index (χ1n) is 10.4. The molecule has 2 rings (SSSR count). The number of hydrogen-bond acceptors (Lipinski definition) is 8. The number of aliphatic hydroxyl groups is 1. The van der Waals surface area contributed by atoms with Crippen molar-refractivity contribution in [3.05, 3.63) is 12.4 Å². The predicted octanol–water partition coefficient (Wildman–Crippen LogP) is 1.48. The SMILES string of the molecule is C=C(NC(=O)OC(C)(C)C)N1CCO[C@@H]2[C@@H](C1)CN(C(=O)OC(C)(C)C)[C@@H]2C(=O)CO. The Kier molecular flexibility index (Phi) is 7.59. The molecule has 2 saturated heterocycles. The topological polar surface area (TPSA) is 118 Å². The highest BCUT2D eigenvalue weighted by molar-refractivity contribution is 5.89. The first kappa shape index (κ1) is 24.9. The highest BCUT2D eigenvalue weighted by atomic mass is 16.6. The van der Waals surface area contributed by atoms with Crippen molar-refractivity contribution in [2.75, 3.05) is 32.8 Å². The average Bonchev–Trinajstić information content (AvgIpc) is 2.82. The van der Waals surface area contributed by atoms with E-state index in [-0.39, 0.29) is 19.1 Å². The van der Waals surface area contributed by atoms with Crippen molar-refractivity contribution in [3.8, 4) is 0 Å². The van der Waals surface area contributed by atoms with E-state index in [0.29, 0.717) is 18.9 Å². The number of rotatable bonds is 4. The molecule has 10 heteroatoms. The summed E-state index contributed by atoms with van der Waals surface area (Å²) < 4.78 is 16.6. The maximum absolute atomic E-state index is 12.7. The monoisotopic (exact) mass is 441 g/mol. The number of aliphatic hydroxyl groups excluding tert-OH is 1. The third-order valence-electron chi connectivity index (χ3n) is 4.81. The van der Waals surface area contributed by atoms with Gasteiger partial charge in [0.05, 0.1) is 12.7 Å². The van der Waals surface area contributed by atoms with Gasteiger partial charge in [-0.1, -0.05) is 6.58 Å². The van der Waals surface area contributed by atoms with Crippen LogP contribution in [0.25, 0.3) is 0 Å². The quantitative estimate of drug-likeness (QED) is 0.674. The first-order chi connectivity index (χ1) is 14.2. The molecule has 0 aromatic carbocycles. The summed E-state index contributed by atoms with van der Waals surface area (Å²) in [6, 6.07) is -0.933. The van der Waals surface area contributed by atoms with Crippen LogP contribution in [0.3, 0.4) is 0 Å². The predicted molar refractivity (Wildman–Crippen MR) is 112 cm³/mol. The summed E-state index contributed by atoms with van der Waals surface area (Å²) in [6.07, 6.45) is -1.84. The molecule has 10 nitrogen and oxygen atoms in total. The number of ether oxygens (including phenoxy) is 3. The summed E-state index contributed by atoms with van der Waals surface area (Å²) in [5.74, 6) is -0.399. The van der Waals surface area contributed by atoms with Crippen molar-refractivity contribution >= 4 is 18.0 Å². The van der Waals surface area contributed by atoms with E-state index in [0.717, 1.165) is 0 Å². The second kappa shape index (κ2) is 9.44. The molecule has 2 aliphatic rings. The Hall–Kier alpha value is -2.33. The van der Waals surface area contributed by atoms with Gasteiger partial charge in [0.1, 0.15) is 29.7 Å². The van der Waals surface area contributed by atoms with Crippen molar-refractivity contribution in [2.24, 2.45) is 5.92 Å². The van der Waals surface area contributed by atoms with E-state index in [1.165, 1.54) is 4.90 Å². The number of hydrogen-bond donors (Lipinski definition) is 2. The lowest BCUT2D eigenvalue weighted by Gasteiger charge is -2.29. The number of fused-ring (bicyclic) bond motifs is 1. The van der Waals surface area contributed by atoms with E-state index in [4.69, 9.17) is 14.2 Å². The molecule has 176 valence electrons. The van der Waals surface area contributed by atoms with Gasteiger partial charge in [0.15, 0.2) is 5.78 Å². The minimum absolute atomic E-state index is 0.214. The third-order valence-corrected chi connectivity index (χ3v) is 4.81. The van der Waals surface area contributed by atoms with Gasteiger partial charge >= 0.3 is 12.2 Å². The zero-order valence-electron chi connectivity index (χ0n) is 19.3. The molecule has 0 aromatic heterocycles. The van der Waals surface area contributed by atoms with Crippen LogP contribution >= 0.6 is 0 Å². The van der Waals surface area contributed by atoms with Crippen LogP contribution in [-0.4, -0.2) is 89.1 Å². The summed E-state index contributed by atoms with van der Waals surface area (Å²) in [7, 11) is 0. The number of carbonyl (C=O) groups is 3. The van der Waals surface area contributed by atoms with E-state index in [9.17, 15) is 19.5 Å². The van der Waals surface area contributed by atoms with Crippen LogP contribution in [0.5, 0.6) is 0 Å². The fourth-order valence-corrected chi connectivity index (χ4v) is 3.67. The molecule has 2 heterocycles. The van der Waals surface area contributed by atoms with E-state index in [2.05, 4.69) is 11.9 Å².